The molecule has 2 aliphatic heterocycles. The van der Waals surface area contributed by atoms with E-state index in [4.69, 9.17) is 10.5 Å². The molecule has 1 aromatic rings. The van der Waals surface area contributed by atoms with Crippen LogP contribution in [0, 0.1) is 11.8 Å². The van der Waals surface area contributed by atoms with Crippen molar-refractivity contribution in [2.24, 2.45) is 29.6 Å². The standard InChI is InChI=1S/C16H27N5O/c1-12-4-3-8-21(11-12)16(17)18-10-13-6-9-22-15(13)14-5-7-19-20(14)2/h5,7,12-13,15H,3-4,6,8-11H2,1-2H3,(H2,17,18)/t12?,13-,15+/m0/s1. The number of guanidine groups is 1. The van der Waals surface area contributed by atoms with Crippen molar-refractivity contribution in [3.8, 4) is 0 Å². The summed E-state index contributed by atoms with van der Waals surface area (Å²) in [5, 5.41) is 4.24. The van der Waals surface area contributed by atoms with Crippen molar-refractivity contribution in [2.45, 2.75) is 32.3 Å². The Morgan fingerprint density at radius 1 is 1.50 bits per heavy atom. The van der Waals surface area contributed by atoms with Gasteiger partial charge in [0, 0.05) is 45.4 Å². The molecule has 0 radical (unpaired) electrons. The van der Waals surface area contributed by atoms with Crippen LogP contribution >= 0.6 is 0 Å². The largest absolute Gasteiger partial charge is 0.372 e. The third-order valence-corrected chi connectivity index (χ3v) is 4.83. The van der Waals surface area contributed by atoms with Crippen LogP contribution in [0.5, 0.6) is 0 Å². The van der Waals surface area contributed by atoms with Crippen LogP contribution in [-0.2, 0) is 11.8 Å². The van der Waals surface area contributed by atoms with Crippen molar-refractivity contribution in [3.05, 3.63) is 18.0 Å². The van der Waals surface area contributed by atoms with Gasteiger partial charge in [0.25, 0.3) is 0 Å². The van der Waals surface area contributed by atoms with Crippen LogP contribution in [0.1, 0.15) is 38.0 Å². The molecule has 2 N–H and O–H groups in total. The first-order valence-corrected chi connectivity index (χ1v) is 8.29. The van der Waals surface area contributed by atoms with Crippen molar-refractivity contribution in [1.82, 2.24) is 14.7 Å². The number of nitrogens with two attached hydrogens (primary N) is 1. The van der Waals surface area contributed by atoms with Crippen LogP contribution in [-0.4, -0.2) is 46.9 Å². The highest BCUT2D eigenvalue weighted by atomic mass is 16.5. The zero-order valence-electron chi connectivity index (χ0n) is 13.6. The van der Waals surface area contributed by atoms with Gasteiger partial charge in [0.2, 0.25) is 0 Å². The highest BCUT2D eigenvalue weighted by Gasteiger charge is 2.31. The van der Waals surface area contributed by atoms with Crippen LogP contribution in [0.25, 0.3) is 0 Å². The lowest BCUT2D eigenvalue weighted by Crippen LogP contribution is -2.43. The van der Waals surface area contributed by atoms with Gasteiger partial charge < -0.3 is 15.4 Å². The SMILES string of the molecule is CC1CCCN(C(N)=NC[C@@H]2CCO[C@H]2c2ccnn2C)C1. The van der Waals surface area contributed by atoms with E-state index in [1.807, 2.05) is 24.0 Å². The van der Waals surface area contributed by atoms with Gasteiger partial charge in [-0.15, -0.1) is 0 Å². The first-order chi connectivity index (χ1) is 10.6. The molecule has 2 aliphatic rings. The Morgan fingerprint density at radius 2 is 2.36 bits per heavy atom. The molecule has 0 aliphatic carbocycles. The van der Waals surface area contributed by atoms with Gasteiger partial charge in [-0.3, -0.25) is 9.67 Å². The molecule has 0 spiro atoms. The minimum Gasteiger partial charge on any atom is -0.372 e. The molecule has 2 saturated heterocycles. The summed E-state index contributed by atoms with van der Waals surface area (Å²) in [5.74, 6) is 1.79. The molecule has 3 heterocycles. The van der Waals surface area contributed by atoms with E-state index in [9.17, 15) is 0 Å². The summed E-state index contributed by atoms with van der Waals surface area (Å²) in [4.78, 5) is 6.89. The molecule has 122 valence electrons. The highest BCUT2D eigenvalue weighted by molar-refractivity contribution is 5.78. The van der Waals surface area contributed by atoms with Crippen LogP contribution in [0.3, 0.4) is 0 Å². The number of rotatable bonds is 3. The number of hydrogen-bond acceptors (Lipinski definition) is 3. The first kappa shape index (κ1) is 15.3. The lowest BCUT2D eigenvalue weighted by atomic mass is 9.99. The molecular formula is C16H27N5O. The van der Waals surface area contributed by atoms with Crippen LogP contribution < -0.4 is 5.73 Å². The molecule has 1 aromatic heterocycles. The number of aromatic nitrogens is 2. The fourth-order valence-corrected chi connectivity index (χ4v) is 3.52. The summed E-state index contributed by atoms with van der Waals surface area (Å²) in [5.41, 5.74) is 7.33. The van der Waals surface area contributed by atoms with Gasteiger partial charge in [-0.1, -0.05) is 6.92 Å². The Hall–Kier alpha value is -1.56. The number of ether oxygens (including phenoxy) is 1. The Morgan fingerprint density at radius 3 is 3.09 bits per heavy atom. The fraction of sp³-hybridized carbons (Fsp3) is 0.750. The molecule has 1 unspecified atom stereocenters. The summed E-state index contributed by atoms with van der Waals surface area (Å²) in [7, 11) is 1.96. The number of likely N-dealkylation sites (tertiary alicyclic amines) is 1. The van der Waals surface area contributed by atoms with Crippen LogP contribution in [0.2, 0.25) is 0 Å². The number of hydrogen-bond donors (Lipinski definition) is 1. The minimum atomic E-state index is 0.0873. The molecule has 0 bridgehead atoms. The van der Waals surface area contributed by atoms with Crippen molar-refractivity contribution in [2.75, 3.05) is 26.2 Å². The molecule has 0 amide bonds. The van der Waals surface area contributed by atoms with E-state index < -0.39 is 0 Å². The molecule has 22 heavy (non-hydrogen) atoms. The van der Waals surface area contributed by atoms with Gasteiger partial charge in [0.15, 0.2) is 5.96 Å². The quantitative estimate of drug-likeness (QED) is 0.679. The summed E-state index contributed by atoms with van der Waals surface area (Å²) < 4.78 is 7.79. The maximum atomic E-state index is 6.20. The molecule has 0 aromatic carbocycles. The number of aliphatic imine (C=N–C) groups is 1. The predicted molar refractivity (Wildman–Crippen MR) is 86.5 cm³/mol. The van der Waals surface area contributed by atoms with E-state index >= 15 is 0 Å². The average Bonchev–Trinajstić information content (AvgIpc) is 3.12. The summed E-state index contributed by atoms with van der Waals surface area (Å²) in [6.45, 7) is 5.86. The van der Waals surface area contributed by atoms with Gasteiger partial charge in [0.05, 0.1) is 5.69 Å². The molecule has 6 heteroatoms. The smallest absolute Gasteiger partial charge is 0.191 e. The van der Waals surface area contributed by atoms with Gasteiger partial charge in [0.1, 0.15) is 6.10 Å². The highest BCUT2D eigenvalue weighted by Crippen LogP contribution is 2.34. The zero-order valence-corrected chi connectivity index (χ0v) is 13.6. The third kappa shape index (κ3) is 3.27. The summed E-state index contributed by atoms with van der Waals surface area (Å²) in [6.07, 6.45) is 5.44. The van der Waals surface area contributed by atoms with E-state index in [0.717, 1.165) is 38.4 Å². The van der Waals surface area contributed by atoms with Gasteiger partial charge in [-0.05, 0) is 31.2 Å². The Kier molecular flexibility index (Phi) is 4.66. The zero-order chi connectivity index (χ0) is 15.5. The topological polar surface area (TPSA) is 68.7 Å². The van der Waals surface area contributed by atoms with Crippen LogP contribution in [0.15, 0.2) is 17.3 Å². The second-order valence-electron chi connectivity index (χ2n) is 6.61. The Labute approximate surface area is 132 Å². The maximum absolute atomic E-state index is 6.20. The number of nitrogens with zero attached hydrogens (tertiary/aromatic N) is 4. The number of piperidine rings is 1. The van der Waals surface area contributed by atoms with E-state index in [2.05, 4.69) is 21.9 Å². The van der Waals surface area contributed by atoms with E-state index in [1.165, 1.54) is 12.8 Å². The monoisotopic (exact) mass is 305 g/mol. The van der Waals surface area contributed by atoms with Gasteiger partial charge in [-0.25, -0.2) is 0 Å². The lowest BCUT2D eigenvalue weighted by Gasteiger charge is -2.31. The first-order valence-electron chi connectivity index (χ1n) is 8.29. The maximum Gasteiger partial charge on any atom is 0.191 e. The van der Waals surface area contributed by atoms with E-state index in [0.29, 0.717) is 17.8 Å². The van der Waals surface area contributed by atoms with Crippen molar-refractivity contribution < 1.29 is 4.74 Å². The van der Waals surface area contributed by atoms with Crippen molar-refractivity contribution in [1.29, 1.82) is 0 Å². The molecule has 6 nitrogen and oxygen atoms in total. The van der Waals surface area contributed by atoms with Gasteiger partial charge in [-0.2, -0.15) is 5.10 Å². The minimum absolute atomic E-state index is 0.0873. The van der Waals surface area contributed by atoms with E-state index in [1.54, 1.807) is 0 Å². The van der Waals surface area contributed by atoms with Crippen molar-refractivity contribution >= 4 is 5.96 Å². The Bertz CT molecular complexity index is 526. The summed E-state index contributed by atoms with van der Waals surface area (Å²) in [6, 6.07) is 2.03. The summed E-state index contributed by atoms with van der Waals surface area (Å²) >= 11 is 0. The average molecular weight is 305 g/mol. The normalized spacial score (nSPS) is 30.0. The molecular weight excluding hydrogens is 278 g/mol. The van der Waals surface area contributed by atoms with Crippen molar-refractivity contribution in [3.63, 3.8) is 0 Å². The van der Waals surface area contributed by atoms with Gasteiger partial charge >= 0.3 is 0 Å². The molecule has 3 rings (SSSR count). The third-order valence-electron chi connectivity index (χ3n) is 4.83. The second kappa shape index (κ2) is 6.69. The molecule has 0 saturated carbocycles. The van der Waals surface area contributed by atoms with Crippen LogP contribution in [0.4, 0.5) is 0 Å². The second-order valence-corrected chi connectivity index (χ2v) is 6.61. The Balaban J connectivity index is 1.62. The predicted octanol–water partition coefficient (Wildman–Crippen LogP) is 1.54. The molecule has 2 fully saturated rings. The number of aryl methyl sites for hydroxylation is 1. The molecule has 3 atom stereocenters. The lowest BCUT2D eigenvalue weighted by molar-refractivity contribution is 0.0858. The van der Waals surface area contributed by atoms with E-state index in [-0.39, 0.29) is 6.10 Å². The fourth-order valence-electron chi connectivity index (χ4n) is 3.52.